The van der Waals surface area contributed by atoms with Gasteiger partial charge in [-0.15, -0.1) is 0 Å². The van der Waals surface area contributed by atoms with Crippen molar-refractivity contribution in [1.82, 2.24) is 10.6 Å². The van der Waals surface area contributed by atoms with Crippen LogP contribution in [0.5, 0.6) is 5.75 Å². The topological polar surface area (TPSA) is 61.4 Å². The molecule has 0 aromatic heterocycles. The summed E-state index contributed by atoms with van der Waals surface area (Å²) in [7, 11) is 0. The molecule has 0 spiro atoms. The van der Waals surface area contributed by atoms with E-state index in [1.54, 1.807) is 18.2 Å². The average molecular weight is 299 g/mol. The zero-order chi connectivity index (χ0) is 12.3. The van der Waals surface area contributed by atoms with E-state index >= 15 is 0 Å². The Morgan fingerprint density at radius 1 is 1.59 bits per heavy atom. The Morgan fingerprint density at radius 3 is 3.06 bits per heavy atom. The van der Waals surface area contributed by atoms with Crippen molar-refractivity contribution in [2.45, 2.75) is 25.4 Å². The van der Waals surface area contributed by atoms with E-state index in [4.69, 9.17) is 0 Å². The summed E-state index contributed by atoms with van der Waals surface area (Å²) in [5, 5.41) is 15.4. The Labute approximate surface area is 109 Å². The van der Waals surface area contributed by atoms with E-state index in [2.05, 4.69) is 26.6 Å². The molecule has 1 unspecified atom stereocenters. The van der Waals surface area contributed by atoms with E-state index in [-0.39, 0.29) is 17.7 Å². The molecule has 1 aliphatic heterocycles. The summed E-state index contributed by atoms with van der Waals surface area (Å²) in [6.07, 6.45) is 1.97. The molecule has 4 nitrogen and oxygen atoms in total. The number of carbonyl (C=O) groups excluding carboxylic acids is 1. The van der Waals surface area contributed by atoms with Gasteiger partial charge in [0.15, 0.2) is 0 Å². The van der Waals surface area contributed by atoms with E-state index in [1.165, 1.54) is 0 Å². The number of aromatic hydroxyl groups is 1. The van der Waals surface area contributed by atoms with Crippen LogP contribution in [0.4, 0.5) is 0 Å². The highest BCUT2D eigenvalue weighted by Crippen LogP contribution is 2.24. The van der Waals surface area contributed by atoms with Crippen LogP contribution in [-0.4, -0.2) is 23.6 Å². The Morgan fingerprint density at radius 2 is 2.41 bits per heavy atom. The van der Waals surface area contributed by atoms with Crippen molar-refractivity contribution in [2.24, 2.45) is 0 Å². The first-order chi connectivity index (χ1) is 8.16. The Hall–Kier alpha value is -1.07. The van der Waals surface area contributed by atoms with Crippen molar-refractivity contribution in [3.05, 3.63) is 28.2 Å². The summed E-state index contributed by atoms with van der Waals surface area (Å²) in [5.41, 5.74) is 0.959. The summed E-state index contributed by atoms with van der Waals surface area (Å²) in [6.45, 7) is 1.40. The molecule has 17 heavy (non-hydrogen) atoms. The highest BCUT2D eigenvalue weighted by atomic mass is 79.9. The minimum atomic E-state index is -0.0458. The maximum absolute atomic E-state index is 11.7. The second-order valence-electron chi connectivity index (χ2n) is 4.15. The fraction of sp³-hybridized carbons (Fsp3) is 0.417. The maximum atomic E-state index is 11.7. The lowest BCUT2D eigenvalue weighted by atomic mass is 10.2. The van der Waals surface area contributed by atoms with Crippen LogP contribution < -0.4 is 10.6 Å². The number of rotatable bonds is 3. The molecule has 0 aliphatic carbocycles. The Bertz CT molecular complexity index is 417. The van der Waals surface area contributed by atoms with Crippen molar-refractivity contribution in [3.8, 4) is 5.75 Å². The first-order valence-electron chi connectivity index (χ1n) is 5.65. The molecule has 1 aromatic carbocycles. The minimum absolute atomic E-state index is 0.0458. The summed E-state index contributed by atoms with van der Waals surface area (Å²) in [5.74, 6) is 0.254. The minimum Gasteiger partial charge on any atom is -0.507 e. The van der Waals surface area contributed by atoms with E-state index in [0.717, 1.165) is 24.9 Å². The quantitative estimate of drug-likeness (QED) is 0.793. The van der Waals surface area contributed by atoms with Crippen LogP contribution in [0.1, 0.15) is 18.4 Å². The van der Waals surface area contributed by atoms with Gasteiger partial charge >= 0.3 is 0 Å². The normalized spacial score (nSPS) is 19.2. The summed E-state index contributed by atoms with van der Waals surface area (Å²) >= 11 is 3.24. The van der Waals surface area contributed by atoms with Gasteiger partial charge < -0.3 is 15.7 Å². The van der Waals surface area contributed by atoms with E-state index in [0.29, 0.717) is 11.0 Å². The van der Waals surface area contributed by atoms with Gasteiger partial charge in [0, 0.05) is 6.54 Å². The molecule has 5 heteroatoms. The van der Waals surface area contributed by atoms with Crippen LogP contribution in [0, 0.1) is 0 Å². The second kappa shape index (κ2) is 5.51. The van der Waals surface area contributed by atoms with Crippen LogP contribution >= 0.6 is 15.9 Å². The maximum Gasteiger partial charge on any atom is 0.237 e. The van der Waals surface area contributed by atoms with Crippen molar-refractivity contribution >= 4 is 21.8 Å². The Balaban J connectivity index is 1.88. The third kappa shape index (κ3) is 3.20. The van der Waals surface area contributed by atoms with Crippen LogP contribution in [0.15, 0.2) is 22.7 Å². The van der Waals surface area contributed by atoms with Gasteiger partial charge in [-0.1, -0.05) is 6.07 Å². The first kappa shape index (κ1) is 12.4. The van der Waals surface area contributed by atoms with Gasteiger partial charge in [-0.25, -0.2) is 0 Å². The highest BCUT2D eigenvalue weighted by molar-refractivity contribution is 9.10. The van der Waals surface area contributed by atoms with E-state index in [9.17, 15) is 9.90 Å². The van der Waals surface area contributed by atoms with Crippen LogP contribution in [0.25, 0.3) is 0 Å². The molecule has 1 fully saturated rings. The molecule has 2 rings (SSSR count). The number of benzene rings is 1. The molecule has 3 N–H and O–H groups in total. The SMILES string of the molecule is O=C(NCc1ccc(O)c(Br)c1)C1CCCN1. The fourth-order valence-electron chi connectivity index (χ4n) is 1.88. The molecule has 92 valence electrons. The van der Waals surface area contributed by atoms with Gasteiger partial charge in [0.05, 0.1) is 10.5 Å². The molecule has 0 radical (unpaired) electrons. The monoisotopic (exact) mass is 298 g/mol. The predicted molar refractivity (Wildman–Crippen MR) is 68.7 cm³/mol. The lowest BCUT2D eigenvalue weighted by Crippen LogP contribution is -2.39. The van der Waals surface area contributed by atoms with E-state index < -0.39 is 0 Å². The molecule has 1 aliphatic rings. The molecule has 1 amide bonds. The zero-order valence-electron chi connectivity index (χ0n) is 9.37. The molecule has 0 saturated carbocycles. The number of amides is 1. The molecular formula is C12H15BrN2O2. The summed E-state index contributed by atoms with van der Waals surface area (Å²) < 4.78 is 0.642. The molecule has 1 saturated heterocycles. The number of carbonyl (C=O) groups is 1. The fourth-order valence-corrected chi connectivity index (χ4v) is 2.31. The van der Waals surface area contributed by atoms with Gasteiger partial charge in [0.2, 0.25) is 5.91 Å². The lowest BCUT2D eigenvalue weighted by molar-refractivity contribution is -0.122. The Kier molecular flexibility index (Phi) is 4.02. The molecule has 1 heterocycles. The number of hydrogen-bond donors (Lipinski definition) is 3. The standard InChI is InChI=1S/C12H15BrN2O2/c13-9-6-8(3-4-11(9)16)7-15-12(17)10-2-1-5-14-10/h3-4,6,10,14,16H,1-2,5,7H2,(H,15,17). The molecular weight excluding hydrogens is 284 g/mol. The first-order valence-corrected chi connectivity index (χ1v) is 6.44. The van der Waals surface area contributed by atoms with Gasteiger partial charge in [-0.05, 0) is 53.0 Å². The smallest absolute Gasteiger partial charge is 0.237 e. The van der Waals surface area contributed by atoms with Gasteiger partial charge in [0.25, 0.3) is 0 Å². The highest BCUT2D eigenvalue weighted by Gasteiger charge is 2.21. The lowest BCUT2D eigenvalue weighted by Gasteiger charge is -2.11. The van der Waals surface area contributed by atoms with Crippen LogP contribution in [-0.2, 0) is 11.3 Å². The van der Waals surface area contributed by atoms with Crippen LogP contribution in [0.3, 0.4) is 0 Å². The van der Waals surface area contributed by atoms with Gasteiger partial charge in [-0.3, -0.25) is 4.79 Å². The van der Waals surface area contributed by atoms with Gasteiger partial charge in [0.1, 0.15) is 5.75 Å². The summed E-state index contributed by atoms with van der Waals surface area (Å²) in [4.78, 5) is 11.7. The number of phenols is 1. The molecule has 0 bridgehead atoms. The second-order valence-corrected chi connectivity index (χ2v) is 5.01. The molecule has 1 atom stereocenters. The largest absolute Gasteiger partial charge is 0.507 e. The van der Waals surface area contributed by atoms with Crippen molar-refractivity contribution in [3.63, 3.8) is 0 Å². The van der Waals surface area contributed by atoms with Crippen molar-refractivity contribution < 1.29 is 9.90 Å². The van der Waals surface area contributed by atoms with Crippen molar-refractivity contribution in [1.29, 1.82) is 0 Å². The number of nitrogens with one attached hydrogen (secondary N) is 2. The van der Waals surface area contributed by atoms with E-state index in [1.807, 2.05) is 0 Å². The average Bonchev–Trinajstić information content (AvgIpc) is 2.84. The molecule has 1 aromatic rings. The third-order valence-corrected chi connectivity index (χ3v) is 3.49. The number of phenolic OH excluding ortho intramolecular Hbond substituents is 1. The van der Waals surface area contributed by atoms with Gasteiger partial charge in [-0.2, -0.15) is 0 Å². The number of halogens is 1. The predicted octanol–water partition coefficient (Wildman–Crippen LogP) is 1.52. The summed E-state index contributed by atoms with van der Waals surface area (Å²) in [6, 6.07) is 5.16. The van der Waals surface area contributed by atoms with Crippen molar-refractivity contribution in [2.75, 3.05) is 6.54 Å². The van der Waals surface area contributed by atoms with Crippen LogP contribution in [0.2, 0.25) is 0 Å². The number of hydrogen-bond acceptors (Lipinski definition) is 3. The third-order valence-electron chi connectivity index (χ3n) is 2.86. The zero-order valence-corrected chi connectivity index (χ0v) is 11.0.